The van der Waals surface area contributed by atoms with Gasteiger partial charge in [-0.1, -0.05) is 43.3 Å². The second-order valence-corrected chi connectivity index (χ2v) is 5.00. The van der Waals surface area contributed by atoms with Crippen molar-refractivity contribution >= 4 is 17.9 Å². The van der Waals surface area contributed by atoms with Crippen LogP contribution in [-0.2, 0) is 4.79 Å². The summed E-state index contributed by atoms with van der Waals surface area (Å²) in [6, 6.07) is 14.6. The number of aliphatic imine (C=N–C) groups is 1. The Bertz CT molecular complexity index is 775. The lowest BCUT2D eigenvalue weighted by atomic mass is 9.97. The number of benzene rings is 2. The highest BCUT2D eigenvalue weighted by Gasteiger charge is 2.09. The van der Waals surface area contributed by atoms with Gasteiger partial charge in [-0.25, -0.2) is 0 Å². The van der Waals surface area contributed by atoms with Crippen LogP contribution < -0.4 is 11.5 Å². The molecule has 5 nitrogen and oxygen atoms in total. The van der Waals surface area contributed by atoms with Gasteiger partial charge in [0.05, 0.1) is 0 Å². The molecule has 118 valence electrons. The first kappa shape index (κ1) is 16.3. The van der Waals surface area contributed by atoms with Crippen LogP contribution in [0, 0.1) is 0 Å². The molecule has 5 N–H and O–H groups in total. The van der Waals surface area contributed by atoms with E-state index in [4.69, 9.17) is 11.5 Å². The number of rotatable bonds is 4. The topological polar surface area (TPSA) is 102 Å². The molecule has 2 aromatic carbocycles. The van der Waals surface area contributed by atoms with Crippen LogP contribution in [0.25, 0.3) is 17.2 Å². The number of hydrogen-bond acceptors (Lipinski definition) is 2. The standard InChI is InChI=1S/C18H19N3O2/c1-2-12(17(23)21-18(19)20)10-13-6-3-4-9-16(13)14-7-5-8-15(22)11-14/h3-11,22H,2H2,1H3,(H4,19,20,21,23)/b12-10+. The van der Waals surface area contributed by atoms with Crippen LogP contribution in [0.3, 0.4) is 0 Å². The smallest absolute Gasteiger partial charge is 0.276 e. The van der Waals surface area contributed by atoms with Crippen LogP contribution in [0.5, 0.6) is 5.75 Å². The number of guanidine groups is 1. The van der Waals surface area contributed by atoms with Crippen molar-refractivity contribution in [3.05, 3.63) is 59.7 Å². The molecule has 0 aromatic heterocycles. The highest BCUT2D eigenvalue weighted by molar-refractivity contribution is 6.04. The quantitative estimate of drug-likeness (QED) is 0.459. The van der Waals surface area contributed by atoms with Gasteiger partial charge in [-0.05, 0) is 41.3 Å². The number of phenols is 1. The lowest BCUT2D eigenvalue weighted by molar-refractivity contribution is -0.114. The van der Waals surface area contributed by atoms with Crippen LogP contribution in [-0.4, -0.2) is 17.0 Å². The van der Waals surface area contributed by atoms with Gasteiger partial charge in [0, 0.05) is 5.57 Å². The van der Waals surface area contributed by atoms with E-state index in [9.17, 15) is 9.90 Å². The summed E-state index contributed by atoms with van der Waals surface area (Å²) in [6.45, 7) is 1.86. The minimum absolute atomic E-state index is 0.188. The van der Waals surface area contributed by atoms with Crippen molar-refractivity contribution in [2.45, 2.75) is 13.3 Å². The zero-order valence-electron chi connectivity index (χ0n) is 12.9. The third-order valence-corrected chi connectivity index (χ3v) is 3.33. The van der Waals surface area contributed by atoms with E-state index in [0.717, 1.165) is 16.7 Å². The Hall–Kier alpha value is -3.08. The molecule has 0 aliphatic rings. The summed E-state index contributed by atoms with van der Waals surface area (Å²) in [7, 11) is 0. The molecule has 0 heterocycles. The molecule has 0 fully saturated rings. The molecule has 2 rings (SSSR count). The van der Waals surface area contributed by atoms with Gasteiger partial charge in [-0.2, -0.15) is 4.99 Å². The molecule has 0 aliphatic carbocycles. The third kappa shape index (κ3) is 4.20. The van der Waals surface area contributed by atoms with E-state index in [0.29, 0.717) is 12.0 Å². The van der Waals surface area contributed by atoms with E-state index < -0.39 is 5.91 Å². The Labute approximate surface area is 135 Å². The molecule has 5 heteroatoms. The molecule has 0 atom stereocenters. The first-order chi connectivity index (χ1) is 11.0. The van der Waals surface area contributed by atoms with Gasteiger partial charge in [0.2, 0.25) is 0 Å². The van der Waals surface area contributed by atoms with Gasteiger partial charge in [-0.15, -0.1) is 0 Å². The highest BCUT2D eigenvalue weighted by atomic mass is 16.3. The maximum atomic E-state index is 12.0. The van der Waals surface area contributed by atoms with Crippen LogP contribution in [0.15, 0.2) is 59.1 Å². The number of amides is 1. The molecular formula is C18H19N3O2. The van der Waals surface area contributed by atoms with Crippen molar-refractivity contribution in [1.82, 2.24) is 0 Å². The van der Waals surface area contributed by atoms with E-state index in [1.165, 1.54) is 0 Å². The summed E-state index contributed by atoms with van der Waals surface area (Å²) in [4.78, 5) is 15.6. The maximum Gasteiger partial charge on any atom is 0.276 e. The summed E-state index contributed by atoms with van der Waals surface area (Å²) in [6.07, 6.45) is 2.28. The van der Waals surface area contributed by atoms with E-state index in [1.807, 2.05) is 37.3 Å². The predicted octanol–water partition coefficient (Wildman–Crippen LogP) is 2.65. The number of carbonyl (C=O) groups excluding carboxylic acids is 1. The first-order valence-electron chi connectivity index (χ1n) is 7.24. The van der Waals surface area contributed by atoms with E-state index in [-0.39, 0.29) is 11.7 Å². The van der Waals surface area contributed by atoms with E-state index in [2.05, 4.69) is 4.99 Å². The lowest BCUT2D eigenvalue weighted by Crippen LogP contribution is -2.24. The van der Waals surface area contributed by atoms with Crippen LogP contribution in [0.1, 0.15) is 18.9 Å². The van der Waals surface area contributed by atoms with Crippen LogP contribution in [0.4, 0.5) is 0 Å². The van der Waals surface area contributed by atoms with Gasteiger partial charge < -0.3 is 16.6 Å². The van der Waals surface area contributed by atoms with Gasteiger partial charge in [0.15, 0.2) is 5.96 Å². The van der Waals surface area contributed by atoms with Gasteiger partial charge in [0.1, 0.15) is 5.75 Å². The van der Waals surface area contributed by atoms with Gasteiger partial charge >= 0.3 is 0 Å². The molecule has 0 spiro atoms. The number of hydrogen-bond donors (Lipinski definition) is 3. The third-order valence-electron chi connectivity index (χ3n) is 3.33. The van der Waals surface area contributed by atoms with Crippen molar-refractivity contribution in [2.75, 3.05) is 0 Å². The minimum atomic E-state index is -0.446. The van der Waals surface area contributed by atoms with Crippen LogP contribution in [0.2, 0.25) is 0 Å². The average molecular weight is 309 g/mol. The lowest BCUT2D eigenvalue weighted by Gasteiger charge is -2.08. The molecule has 0 saturated carbocycles. The largest absolute Gasteiger partial charge is 0.508 e. The Morgan fingerprint density at radius 1 is 1.17 bits per heavy atom. The van der Waals surface area contributed by atoms with E-state index >= 15 is 0 Å². The Morgan fingerprint density at radius 3 is 2.57 bits per heavy atom. The number of carbonyl (C=O) groups is 1. The number of nitrogens with two attached hydrogens (primary N) is 2. The summed E-state index contributed by atoms with van der Waals surface area (Å²) < 4.78 is 0. The highest BCUT2D eigenvalue weighted by Crippen LogP contribution is 2.28. The number of aromatic hydroxyl groups is 1. The van der Waals surface area contributed by atoms with Gasteiger partial charge in [0.25, 0.3) is 5.91 Å². The SMILES string of the molecule is CC/C(=C\c1ccccc1-c1cccc(O)c1)C(=O)N=C(N)N. The summed E-state index contributed by atoms with van der Waals surface area (Å²) >= 11 is 0. The maximum absolute atomic E-state index is 12.0. The molecule has 0 aliphatic heterocycles. The molecule has 0 unspecified atom stereocenters. The number of nitrogens with zero attached hydrogens (tertiary/aromatic N) is 1. The zero-order chi connectivity index (χ0) is 16.8. The minimum Gasteiger partial charge on any atom is -0.508 e. The molecule has 2 aromatic rings. The van der Waals surface area contributed by atoms with Crippen LogP contribution >= 0.6 is 0 Å². The molecule has 1 amide bonds. The molecule has 0 saturated heterocycles. The predicted molar refractivity (Wildman–Crippen MR) is 92.6 cm³/mol. The fourth-order valence-corrected chi connectivity index (χ4v) is 2.25. The molecule has 0 radical (unpaired) electrons. The summed E-state index contributed by atoms with van der Waals surface area (Å²) in [5.41, 5.74) is 13.7. The van der Waals surface area contributed by atoms with Gasteiger partial charge in [-0.3, -0.25) is 4.79 Å². The molecule has 0 bridgehead atoms. The second kappa shape index (κ2) is 7.26. The van der Waals surface area contributed by atoms with Crippen molar-refractivity contribution in [2.24, 2.45) is 16.5 Å². The van der Waals surface area contributed by atoms with Crippen molar-refractivity contribution in [3.63, 3.8) is 0 Å². The summed E-state index contributed by atoms with van der Waals surface area (Å²) in [5.74, 6) is -0.512. The molecule has 23 heavy (non-hydrogen) atoms. The zero-order valence-corrected chi connectivity index (χ0v) is 12.9. The second-order valence-electron chi connectivity index (χ2n) is 5.00. The fraction of sp³-hybridized carbons (Fsp3) is 0.111. The van der Waals surface area contributed by atoms with E-state index in [1.54, 1.807) is 24.3 Å². The average Bonchev–Trinajstić information content (AvgIpc) is 2.52. The monoisotopic (exact) mass is 309 g/mol. The van der Waals surface area contributed by atoms with Crippen molar-refractivity contribution < 1.29 is 9.90 Å². The number of phenolic OH excluding ortho intramolecular Hbond substituents is 1. The fourth-order valence-electron chi connectivity index (χ4n) is 2.25. The first-order valence-corrected chi connectivity index (χ1v) is 7.24. The Balaban J connectivity index is 2.50. The van der Waals surface area contributed by atoms with Crippen molar-refractivity contribution in [3.8, 4) is 16.9 Å². The Kier molecular flexibility index (Phi) is 5.15. The summed E-state index contributed by atoms with van der Waals surface area (Å²) in [5, 5.41) is 9.67. The normalized spacial score (nSPS) is 11.1. The Morgan fingerprint density at radius 2 is 1.91 bits per heavy atom. The molecular weight excluding hydrogens is 290 g/mol. The van der Waals surface area contributed by atoms with Crippen molar-refractivity contribution in [1.29, 1.82) is 0 Å².